The third-order valence-corrected chi connectivity index (χ3v) is 10.3. The lowest BCUT2D eigenvalue weighted by Gasteiger charge is -2.57. The summed E-state index contributed by atoms with van der Waals surface area (Å²) in [6.45, 7) is 7.64. The number of hydrogen-bond donors (Lipinski definition) is 2. The van der Waals surface area contributed by atoms with Crippen LogP contribution in [0.15, 0.2) is 0 Å². The van der Waals surface area contributed by atoms with Crippen molar-refractivity contribution in [3.63, 3.8) is 0 Å². The van der Waals surface area contributed by atoms with Crippen LogP contribution in [-0.4, -0.2) is 22.4 Å². The normalized spacial score (nSPS) is 50.6. The van der Waals surface area contributed by atoms with Gasteiger partial charge < -0.3 is 10.2 Å². The molecular weight excluding hydrogens is 332 g/mol. The van der Waals surface area contributed by atoms with E-state index in [1.165, 1.54) is 51.4 Å². The predicted octanol–water partition coefficient (Wildman–Crippen LogP) is 5.80. The molecule has 4 aliphatic rings. The zero-order valence-corrected chi connectivity index (χ0v) is 18.1. The fourth-order valence-electron chi connectivity index (χ4n) is 8.87. The minimum absolute atomic E-state index is 0.349. The van der Waals surface area contributed by atoms with E-state index in [-0.39, 0.29) is 5.60 Å². The van der Waals surface area contributed by atoms with Gasteiger partial charge in [0.25, 0.3) is 0 Å². The molecule has 0 spiro atoms. The molecule has 0 aromatic heterocycles. The molecule has 4 rings (SSSR count). The summed E-state index contributed by atoms with van der Waals surface area (Å²) in [6, 6.07) is 0. The fourth-order valence-corrected chi connectivity index (χ4v) is 8.87. The Morgan fingerprint density at radius 3 is 2.48 bits per heavy atom. The lowest BCUT2D eigenvalue weighted by Crippen LogP contribution is -2.51. The summed E-state index contributed by atoms with van der Waals surface area (Å²) in [7, 11) is 0. The van der Waals surface area contributed by atoms with Crippen molar-refractivity contribution in [2.75, 3.05) is 6.61 Å². The van der Waals surface area contributed by atoms with Crippen LogP contribution < -0.4 is 0 Å². The molecule has 4 aliphatic carbocycles. The maximum Gasteiger partial charge on any atom is 0.0648 e. The zero-order chi connectivity index (χ0) is 19.2. The van der Waals surface area contributed by atoms with Crippen LogP contribution in [0.3, 0.4) is 0 Å². The summed E-state index contributed by atoms with van der Waals surface area (Å²) in [5.74, 6) is 6.23. The second-order valence-electron chi connectivity index (χ2n) is 11.3. The Morgan fingerprint density at radius 1 is 0.963 bits per heavy atom. The second-order valence-corrected chi connectivity index (χ2v) is 11.3. The topological polar surface area (TPSA) is 40.5 Å². The van der Waals surface area contributed by atoms with Crippen molar-refractivity contribution in [3.8, 4) is 0 Å². The summed E-state index contributed by atoms with van der Waals surface area (Å²) in [4.78, 5) is 0. The summed E-state index contributed by atoms with van der Waals surface area (Å²) < 4.78 is 0. The van der Waals surface area contributed by atoms with E-state index >= 15 is 0 Å². The summed E-state index contributed by atoms with van der Waals surface area (Å²) in [5.41, 5.74) is 0.208. The van der Waals surface area contributed by atoms with Gasteiger partial charge >= 0.3 is 0 Å². The van der Waals surface area contributed by atoms with E-state index in [0.29, 0.717) is 12.0 Å². The van der Waals surface area contributed by atoms with Crippen molar-refractivity contribution in [1.29, 1.82) is 0 Å². The molecule has 0 unspecified atom stereocenters. The molecule has 0 radical (unpaired) electrons. The second kappa shape index (κ2) is 7.63. The molecule has 4 fully saturated rings. The average Bonchev–Trinajstić information content (AvgIpc) is 3.03. The Hall–Kier alpha value is -0.0800. The molecule has 2 heteroatoms. The van der Waals surface area contributed by atoms with Crippen molar-refractivity contribution in [2.45, 2.75) is 103 Å². The molecule has 9 atom stereocenters. The van der Waals surface area contributed by atoms with E-state index in [0.717, 1.165) is 67.1 Å². The lowest BCUT2D eigenvalue weighted by atomic mass is 9.48. The van der Waals surface area contributed by atoms with Gasteiger partial charge in [0, 0.05) is 6.61 Å². The van der Waals surface area contributed by atoms with E-state index < -0.39 is 0 Å². The fraction of sp³-hybridized carbons (Fsp3) is 1.00. The average molecular weight is 377 g/mol. The molecule has 0 aromatic carbocycles. The van der Waals surface area contributed by atoms with Crippen molar-refractivity contribution in [2.24, 2.45) is 46.8 Å². The highest BCUT2D eigenvalue weighted by atomic mass is 16.3. The van der Waals surface area contributed by atoms with Gasteiger partial charge in [-0.15, -0.1) is 0 Å². The molecule has 0 aromatic rings. The quantitative estimate of drug-likeness (QED) is 0.636. The smallest absolute Gasteiger partial charge is 0.0648 e. The summed E-state index contributed by atoms with van der Waals surface area (Å²) in [5, 5.41) is 20.1. The zero-order valence-electron chi connectivity index (χ0n) is 18.1. The van der Waals surface area contributed by atoms with Gasteiger partial charge in [-0.3, -0.25) is 0 Å². The van der Waals surface area contributed by atoms with E-state index in [9.17, 15) is 10.2 Å². The monoisotopic (exact) mass is 376 g/mol. The van der Waals surface area contributed by atoms with Crippen molar-refractivity contribution >= 4 is 0 Å². The highest BCUT2D eigenvalue weighted by Crippen LogP contribution is 2.66. The predicted molar refractivity (Wildman–Crippen MR) is 111 cm³/mol. The van der Waals surface area contributed by atoms with Crippen LogP contribution in [0.2, 0.25) is 0 Å². The molecule has 156 valence electrons. The van der Waals surface area contributed by atoms with Gasteiger partial charge in [0.15, 0.2) is 0 Å². The molecule has 27 heavy (non-hydrogen) atoms. The molecule has 2 N–H and O–H groups in total. The minimum atomic E-state index is -0.349. The van der Waals surface area contributed by atoms with Crippen LogP contribution >= 0.6 is 0 Å². The Morgan fingerprint density at radius 2 is 1.74 bits per heavy atom. The molecule has 4 saturated carbocycles. The number of aliphatic hydroxyl groups excluding tert-OH is 1. The molecule has 0 aliphatic heterocycles. The van der Waals surface area contributed by atoms with Crippen molar-refractivity contribution < 1.29 is 10.2 Å². The Labute approximate surface area is 167 Å². The van der Waals surface area contributed by atoms with Crippen LogP contribution in [0.25, 0.3) is 0 Å². The molecule has 0 bridgehead atoms. The van der Waals surface area contributed by atoms with Crippen molar-refractivity contribution in [3.05, 3.63) is 0 Å². The first-order chi connectivity index (χ1) is 12.9. The van der Waals surface area contributed by atoms with Gasteiger partial charge in [-0.1, -0.05) is 20.8 Å². The minimum Gasteiger partial charge on any atom is -0.396 e. The van der Waals surface area contributed by atoms with Gasteiger partial charge in [0.05, 0.1) is 5.60 Å². The SMILES string of the molecule is CC[C@]1(O)CC[C@H]2[C@@H](CC[C@@H]3[C@@H]2CC[C@]2(C)[C@@H]([C@H](C)CCCO)CC[C@@H]32)C1. The largest absolute Gasteiger partial charge is 0.396 e. The van der Waals surface area contributed by atoms with Crippen LogP contribution in [0, 0.1) is 46.8 Å². The molecule has 2 nitrogen and oxygen atoms in total. The van der Waals surface area contributed by atoms with Gasteiger partial charge in [0.2, 0.25) is 0 Å². The van der Waals surface area contributed by atoms with Crippen LogP contribution in [0.1, 0.15) is 97.8 Å². The maximum absolute atomic E-state index is 10.9. The third kappa shape index (κ3) is 3.41. The highest BCUT2D eigenvalue weighted by molar-refractivity contribution is 5.07. The lowest BCUT2D eigenvalue weighted by molar-refractivity contribution is -0.109. The maximum atomic E-state index is 10.9. The van der Waals surface area contributed by atoms with Crippen LogP contribution in [0.4, 0.5) is 0 Å². The highest BCUT2D eigenvalue weighted by Gasteiger charge is 2.58. The number of aliphatic hydroxyl groups is 2. The molecular formula is C25H44O2. The molecule has 0 saturated heterocycles. The number of rotatable bonds is 5. The molecule has 0 amide bonds. The van der Waals surface area contributed by atoms with E-state index in [1.807, 2.05) is 0 Å². The van der Waals surface area contributed by atoms with E-state index in [4.69, 9.17) is 0 Å². The number of hydrogen-bond acceptors (Lipinski definition) is 2. The Bertz CT molecular complexity index is 518. The van der Waals surface area contributed by atoms with Crippen LogP contribution in [-0.2, 0) is 0 Å². The van der Waals surface area contributed by atoms with Gasteiger partial charge in [-0.05, 0) is 124 Å². The van der Waals surface area contributed by atoms with Gasteiger partial charge in [-0.2, -0.15) is 0 Å². The first kappa shape index (κ1) is 20.2. The number of fused-ring (bicyclic) bond motifs is 5. The van der Waals surface area contributed by atoms with Crippen LogP contribution in [0.5, 0.6) is 0 Å². The van der Waals surface area contributed by atoms with E-state index in [2.05, 4.69) is 20.8 Å². The van der Waals surface area contributed by atoms with Gasteiger partial charge in [-0.25, -0.2) is 0 Å². The van der Waals surface area contributed by atoms with E-state index in [1.54, 1.807) is 0 Å². The first-order valence-electron chi connectivity index (χ1n) is 12.2. The first-order valence-corrected chi connectivity index (χ1v) is 12.2. The molecule has 0 heterocycles. The summed E-state index contributed by atoms with van der Waals surface area (Å²) in [6.07, 6.45) is 15.1. The van der Waals surface area contributed by atoms with Crippen molar-refractivity contribution in [1.82, 2.24) is 0 Å². The third-order valence-electron chi connectivity index (χ3n) is 10.3. The Balaban J connectivity index is 1.47. The van der Waals surface area contributed by atoms with Gasteiger partial charge in [0.1, 0.15) is 0 Å². The Kier molecular flexibility index (Phi) is 5.71. The standard InChI is InChI=1S/C25H44O2/c1-4-25(27)14-12-19-18(16-25)7-8-21-20(19)11-13-24(3)22(9-10-23(21)24)17(2)6-5-15-26/h17-23,26-27H,4-16H2,1-3H3/t17-,18+,19+,20-,21-,22-,23+,24-,25+/m1/s1. The summed E-state index contributed by atoms with van der Waals surface area (Å²) >= 11 is 0.